The topological polar surface area (TPSA) is 14.8 Å². The second kappa shape index (κ2) is 19.0. The van der Waals surface area contributed by atoms with Crippen molar-refractivity contribution in [2.75, 3.05) is 0 Å². The van der Waals surface area contributed by atoms with Crippen molar-refractivity contribution in [1.82, 2.24) is 13.7 Å². The lowest BCUT2D eigenvalue weighted by Crippen LogP contribution is -2.30. The highest BCUT2D eigenvalue weighted by molar-refractivity contribution is 6.14. The molecule has 0 unspecified atom stereocenters. The summed E-state index contributed by atoms with van der Waals surface area (Å²) in [5, 5.41) is 5.77. The predicted molar refractivity (Wildman–Crippen MR) is 339 cm³/mol. The lowest BCUT2D eigenvalue weighted by Gasteiger charge is -2.37. The minimum absolute atomic E-state index is 0.247. The molecule has 0 spiro atoms. The molecule has 0 bridgehead atoms. The zero-order valence-corrected chi connectivity index (χ0v) is 50.4. The molecule has 0 aliphatic heterocycles. The van der Waals surface area contributed by atoms with Crippen LogP contribution >= 0.6 is 0 Å². The fourth-order valence-electron chi connectivity index (χ4n) is 13.0. The van der Waals surface area contributed by atoms with Gasteiger partial charge < -0.3 is 13.7 Å². The molecule has 0 fully saturated rings. The third-order valence-corrected chi connectivity index (χ3v) is 17.5. The average Bonchev–Trinajstić information content (AvgIpc) is 1.42. The van der Waals surface area contributed by atoms with Crippen LogP contribution in [0.15, 0.2) is 176 Å². The molecule has 3 heterocycles. The van der Waals surface area contributed by atoms with Crippen molar-refractivity contribution in [3.8, 4) is 33.6 Å². The zero-order valence-electron chi connectivity index (χ0n) is 50.4. The van der Waals surface area contributed by atoms with Gasteiger partial charge in [0, 0.05) is 54.5 Å². The number of hydrogen-bond donors (Lipinski definition) is 0. The van der Waals surface area contributed by atoms with E-state index in [-0.39, 0.29) is 32.8 Å². The van der Waals surface area contributed by atoms with Crippen LogP contribution in [0.3, 0.4) is 0 Å². The maximum atomic E-state index is 15.6. The summed E-state index contributed by atoms with van der Waals surface area (Å²) in [7, 11) is 0. The Morgan fingerprint density at radius 3 is 0.881 bits per heavy atom. The lowest BCUT2D eigenvalue weighted by molar-refractivity contribution is -0.138. The Labute approximate surface area is 488 Å². The molecular formula is C75H71F6N3. The molecule has 0 N–H and O–H groups in total. The largest absolute Gasteiger partial charge is 0.416 e. The van der Waals surface area contributed by atoms with Crippen molar-refractivity contribution in [3.05, 3.63) is 215 Å². The summed E-state index contributed by atoms with van der Waals surface area (Å²) in [5.41, 5.74) is 8.47. The van der Waals surface area contributed by atoms with Gasteiger partial charge in [0.15, 0.2) is 0 Å². The van der Waals surface area contributed by atoms with Crippen LogP contribution in [0, 0.1) is 0 Å². The van der Waals surface area contributed by atoms with Crippen molar-refractivity contribution in [3.63, 3.8) is 0 Å². The molecule has 428 valence electrons. The number of para-hydroxylation sites is 2. The number of rotatable bonds is 6. The van der Waals surface area contributed by atoms with E-state index < -0.39 is 29.0 Å². The molecule has 3 aromatic heterocycles. The Bertz CT molecular complexity index is 4210. The number of alkyl halides is 6. The van der Waals surface area contributed by atoms with Gasteiger partial charge in [-0.3, -0.25) is 0 Å². The molecule has 0 saturated heterocycles. The van der Waals surface area contributed by atoms with E-state index in [4.69, 9.17) is 0 Å². The van der Waals surface area contributed by atoms with Crippen molar-refractivity contribution in [2.24, 2.45) is 0 Å². The van der Waals surface area contributed by atoms with E-state index in [1.807, 2.05) is 24.3 Å². The van der Waals surface area contributed by atoms with Gasteiger partial charge in [0.2, 0.25) is 0 Å². The molecule has 0 saturated carbocycles. The van der Waals surface area contributed by atoms with Gasteiger partial charge in [0.1, 0.15) is 0 Å². The fourth-order valence-corrected chi connectivity index (χ4v) is 13.0. The molecule has 0 aliphatic carbocycles. The number of nitrogens with zero attached hydrogens (tertiary/aromatic N) is 3. The second-order valence-electron chi connectivity index (χ2n) is 27.7. The molecular weight excluding hydrogens is 1060 g/mol. The van der Waals surface area contributed by atoms with E-state index in [2.05, 4.69) is 214 Å². The lowest BCUT2D eigenvalue weighted by atomic mass is 9.78. The third kappa shape index (κ3) is 9.28. The molecule has 12 rings (SSSR count). The van der Waals surface area contributed by atoms with E-state index in [1.54, 1.807) is 12.1 Å². The van der Waals surface area contributed by atoms with E-state index >= 15 is 26.3 Å². The van der Waals surface area contributed by atoms with E-state index in [0.717, 1.165) is 99.8 Å². The van der Waals surface area contributed by atoms with Crippen LogP contribution in [0.25, 0.3) is 99.0 Å². The maximum Gasteiger partial charge on any atom is 0.416 e. The SMILES string of the molecule is CC(C)(C)c1ccc2c(c1)c1cc(C(C)(C)C)ccc1n2-c1cc(-n2c3ccc(C(C)(C)C)cc3c3cc(C(C)(C)C)ccc32)c(-c2cccc(C(F)(F)F)c2)c(C(C)(C)n2c3ccccc3c3ccccc32)c1-c1cccc(C(F)(F)F)c1. The van der Waals surface area contributed by atoms with Gasteiger partial charge in [0.25, 0.3) is 0 Å². The highest BCUT2D eigenvalue weighted by Gasteiger charge is 2.40. The Kier molecular flexibility index (Phi) is 12.8. The summed E-state index contributed by atoms with van der Waals surface area (Å²) >= 11 is 0. The van der Waals surface area contributed by atoms with Crippen LogP contribution in [0.2, 0.25) is 0 Å². The number of halogens is 6. The molecule has 0 radical (unpaired) electrons. The summed E-state index contributed by atoms with van der Waals surface area (Å²) in [6.07, 6.45) is -9.49. The van der Waals surface area contributed by atoms with Gasteiger partial charge >= 0.3 is 12.4 Å². The van der Waals surface area contributed by atoms with Crippen LogP contribution in [0.1, 0.15) is 136 Å². The first-order valence-electron chi connectivity index (χ1n) is 29.0. The third-order valence-electron chi connectivity index (χ3n) is 17.5. The Morgan fingerprint density at radius 2 is 0.583 bits per heavy atom. The summed E-state index contributed by atoms with van der Waals surface area (Å²) in [6, 6.07) is 55.2. The summed E-state index contributed by atoms with van der Waals surface area (Å²) in [4.78, 5) is 0. The molecule has 9 heteroatoms. The van der Waals surface area contributed by atoms with Crippen LogP contribution < -0.4 is 0 Å². The van der Waals surface area contributed by atoms with Crippen LogP contribution in [-0.4, -0.2) is 13.7 Å². The van der Waals surface area contributed by atoms with E-state index in [9.17, 15) is 0 Å². The summed E-state index contributed by atoms with van der Waals surface area (Å²) in [5.74, 6) is 0. The second-order valence-corrected chi connectivity index (χ2v) is 27.7. The predicted octanol–water partition coefficient (Wildman–Crippen LogP) is 22.3. The zero-order chi connectivity index (χ0) is 60.2. The minimum Gasteiger partial charge on any atom is -0.331 e. The van der Waals surface area contributed by atoms with Crippen molar-refractivity contribution < 1.29 is 26.3 Å². The van der Waals surface area contributed by atoms with Gasteiger partial charge in [-0.15, -0.1) is 0 Å². The number of benzene rings is 9. The van der Waals surface area contributed by atoms with Gasteiger partial charge in [0.05, 0.1) is 50.1 Å². The van der Waals surface area contributed by atoms with Crippen LogP contribution in [-0.2, 0) is 39.6 Å². The molecule has 3 nitrogen and oxygen atoms in total. The van der Waals surface area contributed by atoms with E-state index in [1.165, 1.54) is 24.3 Å². The van der Waals surface area contributed by atoms with Gasteiger partial charge in [-0.1, -0.05) is 168 Å². The quantitative estimate of drug-likeness (QED) is 0.147. The normalized spacial score (nSPS) is 13.5. The Hall–Kier alpha value is -8.04. The van der Waals surface area contributed by atoms with Gasteiger partial charge in [-0.2, -0.15) is 26.3 Å². The van der Waals surface area contributed by atoms with Crippen LogP contribution in [0.5, 0.6) is 0 Å². The summed E-state index contributed by atoms with van der Waals surface area (Å²) < 4.78 is 100. The smallest absolute Gasteiger partial charge is 0.331 e. The first-order chi connectivity index (χ1) is 39.2. The Balaban J connectivity index is 1.41. The van der Waals surface area contributed by atoms with Crippen molar-refractivity contribution >= 4 is 65.4 Å². The highest BCUT2D eigenvalue weighted by atomic mass is 19.4. The summed E-state index contributed by atoms with van der Waals surface area (Å²) in [6.45, 7) is 30.3. The maximum absolute atomic E-state index is 15.6. The number of aromatic nitrogens is 3. The Morgan fingerprint density at radius 1 is 0.274 bits per heavy atom. The van der Waals surface area contributed by atoms with Crippen molar-refractivity contribution in [1.29, 1.82) is 0 Å². The molecule has 0 aliphatic rings. The fraction of sp³-hybridized carbons (Fsp3) is 0.280. The first kappa shape index (κ1) is 56.4. The molecule has 0 atom stereocenters. The standard InChI is InChI=1S/C75H71F6N3/c1-69(2,3)46-29-33-58-54(39-46)55-40-47(70(4,5)6)30-34-59(55)82(58)64-43-65(83-60-35-31-48(71(7,8)9)41-56(60)57-42-49(72(10,11)12)32-36-61(57)83)67(45-22-20-24-51(38-45)75(79,80)81)68(66(64)44-21-19-23-50(37-44)74(76,77)78)73(13,14)84-62-27-17-15-25-52(62)53-26-16-18-28-63(53)84/h15-43H,1-14H3. The molecule has 84 heavy (non-hydrogen) atoms. The first-order valence-corrected chi connectivity index (χ1v) is 29.0. The van der Waals surface area contributed by atoms with Gasteiger partial charge in [-0.05, 0) is 165 Å². The minimum atomic E-state index is -4.75. The highest BCUT2D eigenvalue weighted by Crippen LogP contribution is 2.54. The van der Waals surface area contributed by atoms with Gasteiger partial charge in [-0.25, -0.2) is 0 Å². The molecule has 0 amide bonds. The monoisotopic (exact) mass is 1130 g/mol. The van der Waals surface area contributed by atoms with Crippen LogP contribution in [0.4, 0.5) is 26.3 Å². The average molecular weight is 1130 g/mol. The van der Waals surface area contributed by atoms with E-state index in [0.29, 0.717) is 28.1 Å². The molecule has 9 aromatic carbocycles. The number of fused-ring (bicyclic) bond motifs is 9. The number of hydrogen-bond acceptors (Lipinski definition) is 0. The van der Waals surface area contributed by atoms with Crippen molar-refractivity contribution in [2.45, 2.75) is 136 Å². The molecule has 12 aromatic rings.